The molecule has 0 aliphatic carbocycles. The van der Waals surface area contributed by atoms with Gasteiger partial charge in [0, 0.05) is 13.1 Å². The molecule has 4 heteroatoms. The number of nitrogens with zero attached hydrogens (tertiary/aromatic N) is 1. The molecule has 1 aliphatic rings. The molecule has 11 heavy (non-hydrogen) atoms. The van der Waals surface area contributed by atoms with Crippen LogP contribution >= 0.6 is 0 Å². The molecular weight excluding hydrogens is 144 g/mol. The van der Waals surface area contributed by atoms with Gasteiger partial charge in [0.2, 0.25) is 0 Å². The van der Waals surface area contributed by atoms with E-state index in [2.05, 4.69) is 4.90 Å². The third-order valence-corrected chi connectivity index (χ3v) is 1.86. The molecule has 0 amide bonds. The van der Waals surface area contributed by atoms with Crippen molar-refractivity contribution in [3.63, 3.8) is 0 Å². The lowest BCUT2D eigenvalue weighted by molar-refractivity contribution is 0.0375. The van der Waals surface area contributed by atoms with Crippen LogP contribution in [0.4, 0.5) is 0 Å². The van der Waals surface area contributed by atoms with Crippen LogP contribution < -0.4 is 5.48 Å². The van der Waals surface area contributed by atoms with Crippen LogP contribution in [-0.2, 0) is 4.74 Å². The standard InChI is InChI=1S/C7H15N2O2/c10-8-2-1-3-9-4-6-11-7-5-9/h8H,1-7H2/q-1. The molecule has 0 aromatic carbocycles. The third kappa shape index (κ3) is 3.67. The van der Waals surface area contributed by atoms with Gasteiger partial charge >= 0.3 is 0 Å². The Morgan fingerprint density at radius 3 is 2.73 bits per heavy atom. The number of hydrogen-bond donors (Lipinski definition) is 1. The van der Waals surface area contributed by atoms with Crippen LogP contribution in [-0.4, -0.2) is 44.3 Å². The Morgan fingerprint density at radius 1 is 1.36 bits per heavy atom. The van der Waals surface area contributed by atoms with E-state index in [9.17, 15) is 5.21 Å². The Bertz CT molecular complexity index is 94.4. The van der Waals surface area contributed by atoms with E-state index in [0.717, 1.165) is 39.3 Å². The number of rotatable bonds is 4. The highest BCUT2D eigenvalue weighted by Gasteiger charge is 2.08. The van der Waals surface area contributed by atoms with Crippen LogP contribution in [0.15, 0.2) is 0 Å². The highest BCUT2D eigenvalue weighted by molar-refractivity contribution is 4.62. The molecule has 66 valence electrons. The summed E-state index contributed by atoms with van der Waals surface area (Å²) in [7, 11) is 0. The molecule has 0 radical (unpaired) electrons. The molecule has 0 unspecified atom stereocenters. The largest absolute Gasteiger partial charge is 0.788 e. The lowest BCUT2D eigenvalue weighted by Crippen LogP contribution is -2.37. The molecular formula is C7H15N2O2-. The minimum Gasteiger partial charge on any atom is -0.788 e. The van der Waals surface area contributed by atoms with Crippen molar-refractivity contribution in [2.75, 3.05) is 39.4 Å². The van der Waals surface area contributed by atoms with Crippen molar-refractivity contribution < 1.29 is 4.74 Å². The molecule has 0 spiro atoms. The summed E-state index contributed by atoms with van der Waals surface area (Å²) in [4.78, 5) is 2.32. The molecule has 1 saturated heterocycles. The molecule has 1 fully saturated rings. The van der Waals surface area contributed by atoms with E-state index in [1.807, 2.05) is 5.48 Å². The van der Waals surface area contributed by atoms with Crippen molar-refractivity contribution in [2.24, 2.45) is 0 Å². The average molecular weight is 159 g/mol. The number of hydroxylamine groups is 1. The molecule has 4 nitrogen and oxygen atoms in total. The second-order valence-electron chi connectivity index (χ2n) is 2.70. The maximum Gasteiger partial charge on any atom is 0.0594 e. The van der Waals surface area contributed by atoms with Gasteiger partial charge in [-0.25, -0.2) is 0 Å². The zero-order valence-corrected chi connectivity index (χ0v) is 6.71. The van der Waals surface area contributed by atoms with E-state index < -0.39 is 0 Å². The van der Waals surface area contributed by atoms with Crippen molar-refractivity contribution in [1.82, 2.24) is 10.4 Å². The van der Waals surface area contributed by atoms with Gasteiger partial charge in [0.15, 0.2) is 0 Å². The second-order valence-corrected chi connectivity index (χ2v) is 2.70. The molecule has 1 rings (SSSR count). The number of nitrogens with one attached hydrogen (secondary N) is 1. The van der Waals surface area contributed by atoms with Crippen molar-refractivity contribution in [2.45, 2.75) is 6.42 Å². The van der Waals surface area contributed by atoms with Gasteiger partial charge in [-0.2, -0.15) is 0 Å². The van der Waals surface area contributed by atoms with E-state index >= 15 is 0 Å². The fourth-order valence-electron chi connectivity index (χ4n) is 1.20. The quantitative estimate of drug-likeness (QED) is 0.455. The molecule has 0 aromatic heterocycles. The van der Waals surface area contributed by atoms with Crippen molar-refractivity contribution >= 4 is 0 Å². The summed E-state index contributed by atoms with van der Waals surface area (Å²) in [5.41, 5.74) is 1.90. The van der Waals surface area contributed by atoms with E-state index in [0.29, 0.717) is 6.54 Å². The van der Waals surface area contributed by atoms with Gasteiger partial charge in [-0.15, -0.1) is 0 Å². The van der Waals surface area contributed by atoms with Gasteiger partial charge < -0.3 is 15.4 Å². The van der Waals surface area contributed by atoms with Gasteiger partial charge in [0.25, 0.3) is 0 Å². The van der Waals surface area contributed by atoms with Gasteiger partial charge in [0.05, 0.1) is 13.2 Å². The summed E-state index contributed by atoms with van der Waals surface area (Å²) in [6.45, 7) is 5.28. The maximum atomic E-state index is 9.88. The van der Waals surface area contributed by atoms with Crippen LogP contribution in [0.2, 0.25) is 0 Å². The highest BCUT2D eigenvalue weighted by atomic mass is 16.5. The van der Waals surface area contributed by atoms with Gasteiger partial charge in [-0.05, 0) is 19.5 Å². The topological polar surface area (TPSA) is 47.6 Å². The molecule has 0 bridgehead atoms. The van der Waals surface area contributed by atoms with Crippen LogP contribution in [0.5, 0.6) is 0 Å². The van der Waals surface area contributed by atoms with Crippen LogP contribution in [0.1, 0.15) is 6.42 Å². The van der Waals surface area contributed by atoms with E-state index in [4.69, 9.17) is 4.74 Å². The van der Waals surface area contributed by atoms with E-state index in [1.54, 1.807) is 0 Å². The van der Waals surface area contributed by atoms with Crippen molar-refractivity contribution in [3.05, 3.63) is 5.21 Å². The van der Waals surface area contributed by atoms with Gasteiger partial charge in [0.1, 0.15) is 0 Å². The normalized spacial score (nSPS) is 20.5. The summed E-state index contributed by atoms with van der Waals surface area (Å²) >= 11 is 0. The first-order valence-corrected chi connectivity index (χ1v) is 4.08. The van der Waals surface area contributed by atoms with Gasteiger partial charge in [-0.3, -0.25) is 4.90 Å². The first-order valence-electron chi connectivity index (χ1n) is 4.08. The summed E-state index contributed by atoms with van der Waals surface area (Å²) in [6, 6.07) is 0. The van der Waals surface area contributed by atoms with E-state index in [-0.39, 0.29) is 0 Å². The van der Waals surface area contributed by atoms with Crippen LogP contribution in [0.25, 0.3) is 0 Å². The Hall–Kier alpha value is -0.160. The van der Waals surface area contributed by atoms with Crippen molar-refractivity contribution in [1.29, 1.82) is 0 Å². The minimum atomic E-state index is 0.567. The number of ether oxygens (including phenoxy) is 1. The Balaban J connectivity index is 1.96. The number of hydrogen-bond acceptors (Lipinski definition) is 4. The fourth-order valence-corrected chi connectivity index (χ4v) is 1.20. The molecule has 0 aromatic rings. The zero-order valence-electron chi connectivity index (χ0n) is 6.71. The summed E-state index contributed by atoms with van der Waals surface area (Å²) in [5, 5.41) is 9.88. The molecule has 0 saturated carbocycles. The fraction of sp³-hybridized carbons (Fsp3) is 1.00. The first-order chi connectivity index (χ1) is 5.43. The predicted molar refractivity (Wildman–Crippen MR) is 43.2 cm³/mol. The SMILES string of the molecule is [O-]NCCCN1CCOCC1. The summed E-state index contributed by atoms with van der Waals surface area (Å²) < 4.78 is 5.19. The third-order valence-electron chi connectivity index (χ3n) is 1.86. The Morgan fingerprint density at radius 2 is 2.09 bits per heavy atom. The van der Waals surface area contributed by atoms with Crippen LogP contribution in [0, 0.1) is 5.21 Å². The highest BCUT2D eigenvalue weighted by Crippen LogP contribution is 1.96. The Kier molecular flexibility index (Phi) is 4.45. The smallest absolute Gasteiger partial charge is 0.0594 e. The lowest BCUT2D eigenvalue weighted by Gasteiger charge is -2.26. The lowest BCUT2D eigenvalue weighted by atomic mass is 10.3. The molecule has 0 atom stereocenters. The monoisotopic (exact) mass is 159 g/mol. The predicted octanol–water partition coefficient (Wildman–Crippen LogP) is -0.204. The van der Waals surface area contributed by atoms with Gasteiger partial charge in [-0.1, -0.05) is 0 Å². The maximum absolute atomic E-state index is 9.88. The summed E-state index contributed by atoms with van der Waals surface area (Å²) in [5.74, 6) is 0. The molecule has 1 N–H and O–H groups in total. The Labute approximate surface area is 67.1 Å². The van der Waals surface area contributed by atoms with Crippen molar-refractivity contribution in [3.8, 4) is 0 Å². The minimum absolute atomic E-state index is 0.567. The number of morpholine rings is 1. The molecule has 1 heterocycles. The van der Waals surface area contributed by atoms with E-state index in [1.165, 1.54) is 0 Å². The first kappa shape index (κ1) is 8.93. The zero-order chi connectivity index (χ0) is 7.94. The average Bonchev–Trinajstić information content (AvgIpc) is 2.07. The second kappa shape index (κ2) is 5.49. The molecule has 1 aliphatic heterocycles. The summed E-state index contributed by atoms with van der Waals surface area (Å²) in [6.07, 6.45) is 0.934. The van der Waals surface area contributed by atoms with Crippen LogP contribution in [0.3, 0.4) is 0 Å².